The van der Waals surface area contributed by atoms with Gasteiger partial charge in [0.15, 0.2) is 5.16 Å². The third-order valence-electron chi connectivity index (χ3n) is 4.85. The van der Waals surface area contributed by atoms with Crippen molar-refractivity contribution in [2.75, 3.05) is 26.3 Å². The summed E-state index contributed by atoms with van der Waals surface area (Å²) in [6, 6.07) is 5.23. The number of aryl methyl sites for hydroxylation is 2. The van der Waals surface area contributed by atoms with Crippen LogP contribution in [0.2, 0.25) is 0 Å². The number of hydrogen-bond donors (Lipinski definition) is 0. The first-order valence-corrected chi connectivity index (χ1v) is 12.0. The molecule has 1 aromatic carbocycles. The maximum absolute atomic E-state index is 13.0. The second kappa shape index (κ2) is 8.42. The molecule has 9 nitrogen and oxygen atoms in total. The summed E-state index contributed by atoms with van der Waals surface area (Å²) < 4.78 is 36.7. The van der Waals surface area contributed by atoms with Crippen molar-refractivity contribution in [2.45, 2.75) is 35.7 Å². The largest absolute Gasteiger partial charge is 0.379 e. The zero-order valence-corrected chi connectivity index (χ0v) is 18.1. The summed E-state index contributed by atoms with van der Waals surface area (Å²) >= 11 is 1.56. The fourth-order valence-corrected chi connectivity index (χ4v) is 5.63. The van der Waals surface area contributed by atoms with Gasteiger partial charge in [0.25, 0.3) is 0 Å². The van der Waals surface area contributed by atoms with Crippen molar-refractivity contribution in [1.82, 2.24) is 28.6 Å². The van der Waals surface area contributed by atoms with Gasteiger partial charge in [0.1, 0.15) is 12.2 Å². The molecule has 156 valence electrons. The zero-order valence-electron chi connectivity index (χ0n) is 16.5. The highest BCUT2D eigenvalue weighted by atomic mass is 32.2. The van der Waals surface area contributed by atoms with Gasteiger partial charge >= 0.3 is 0 Å². The van der Waals surface area contributed by atoms with Gasteiger partial charge in [-0.05, 0) is 24.6 Å². The maximum atomic E-state index is 13.0. The first kappa shape index (κ1) is 20.3. The predicted octanol–water partition coefficient (Wildman–Crippen LogP) is 1.89. The number of aromatic nitrogens is 5. The summed E-state index contributed by atoms with van der Waals surface area (Å²) in [6.45, 7) is 4.55. The van der Waals surface area contributed by atoms with Crippen molar-refractivity contribution in [3.05, 3.63) is 30.4 Å². The Labute approximate surface area is 174 Å². The summed E-state index contributed by atoms with van der Waals surface area (Å²) in [5, 5.41) is 8.82. The molecular weight excluding hydrogens is 412 g/mol. The number of thioether (sulfide) groups is 1. The van der Waals surface area contributed by atoms with E-state index in [-0.39, 0.29) is 4.90 Å². The van der Waals surface area contributed by atoms with Crippen molar-refractivity contribution in [3.63, 3.8) is 0 Å². The lowest BCUT2D eigenvalue weighted by Gasteiger charge is -2.26. The van der Waals surface area contributed by atoms with Crippen LogP contribution < -0.4 is 0 Å². The van der Waals surface area contributed by atoms with E-state index in [2.05, 4.69) is 21.7 Å². The van der Waals surface area contributed by atoms with Gasteiger partial charge in [0.05, 0.1) is 34.9 Å². The van der Waals surface area contributed by atoms with Gasteiger partial charge in [-0.15, -0.1) is 10.2 Å². The van der Waals surface area contributed by atoms with Gasteiger partial charge in [-0.1, -0.05) is 18.7 Å². The van der Waals surface area contributed by atoms with Crippen LogP contribution in [0, 0.1) is 0 Å². The summed E-state index contributed by atoms with van der Waals surface area (Å²) in [7, 11) is -1.64. The van der Waals surface area contributed by atoms with E-state index in [1.807, 2.05) is 17.7 Å². The number of sulfonamides is 1. The molecular formula is C18H24N6O3S2. The van der Waals surface area contributed by atoms with Crippen LogP contribution >= 0.6 is 11.8 Å². The molecule has 11 heteroatoms. The molecule has 1 fully saturated rings. The lowest BCUT2D eigenvalue weighted by atomic mass is 10.3. The minimum absolute atomic E-state index is 0.278. The lowest BCUT2D eigenvalue weighted by Crippen LogP contribution is -2.40. The summed E-state index contributed by atoms with van der Waals surface area (Å²) in [4.78, 5) is 5.04. The van der Waals surface area contributed by atoms with Crippen LogP contribution in [-0.2, 0) is 34.1 Å². The van der Waals surface area contributed by atoms with Crippen LogP contribution in [0.3, 0.4) is 0 Å². The smallest absolute Gasteiger partial charge is 0.243 e. The standard InChI is InChI=1S/C18H24N6O3S2/c1-3-6-24-16-5-4-14(29(25,26)23-7-9-27-10-8-23)11-15(16)20-17(24)12-28-18-21-19-13-22(18)2/h4-5,11,13H,3,6-10,12H2,1-2H3. The van der Waals surface area contributed by atoms with Gasteiger partial charge < -0.3 is 13.9 Å². The SMILES string of the molecule is CCCn1c(CSc2nncn2C)nc2cc(S(=O)(=O)N3CCOCC3)ccc21. The average molecular weight is 437 g/mol. The third-order valence-corrected chi connectivity index (χ3v) is 7.78. The van der Waals surface area contributed by atoms with Crippen molar-refractivity contribution in [2.24, 2.45) is 7.05 Å². The summed E-state index contributed by atoms with van der Waals surface area (Å²) in [5.74, 6) is 1.53. The maximum Gasteiger partial charge on any atom is 0.243 e. The number of rotatable bonds is 7. The molecule has 4 rings (SSSR count). The minimum atomic E-state index is -3.55. The van der Waals surface area contributed by atoms with E-state index in [0.29, 0.717) is 37.6 Å². The molecule has 29 heavy (non-hydrogen) atoms. The highest BCUT2D eigenvalue weighted by Gasteiger charge is 2.27. The normalized spacial score (nSPS) is 15.9. The Morgan fingerprint density at radius 2 is 2.03 bits per heavy atom. The predicted molar refractivity (Wildman–Crippen MR) is 110 cm³/mol. The quantitative estimate of drug-likeness (QED) is 0.522. The second-order valence-electron chi connectivity index (χ2n) is 6.86. The molecule has 0 spiro atoms. The number of hydrogen-bond acceptors (Lipinski definition) is 7. The zero-order chi connectivity index (χ0) is 20.4. The number of nitrogens with zero attached hydrogens (tertiary/aromatic N) is 6. The van der Waals surface area contributed by atoms with E-state index in [1.54, 1.807) is 30.2 Å². The number of imidazole rings is 1. The van der Waals surface area contributed by atoms with E-state index in [0.717, 1.165) is 29.5 Å². The lowest BCUT2D eigenvalue weighted by molar-refractivity contribution is 0.0730. The van der Waals surface area contributed by atoms with Gasteiger partial charge in [-0.3, -0.25) is 0 Å². The molecule has 0 aliphatic carbocycles. The Morgan fingerprint density at radius 1 is 1.24 bits per heavy atom. The van der Waals surface area contributed by atoms with E-state index < -0.39 is 10.0 Å². The Hall–Kier alpha value is -1.95. The first-order valence-electron chi connectivity index (χ1n) is 9.54. The van der Waals surface area contributed by atoms with Crippen LogP contribution in [0.1, 0.15) is 19.2 Å². The van der Waals surface area contributed by atoms with E-state index in [9.17, 15) is 8.42 Å². The van der Waals surface area contributed by atoms with Crippen LogP contribution in [0.15, 0.2) is 34.6 Å². The van der Waals surface area contributed by atoms with E-state index >= 15 is 0 Å². The molecule has 3 aromatic rings. The number of ether oxygens (including phenoxy) is 1. The highest BCUT2D eigenvalue weighted by molar-refractivity contribution is 7.98. The highest BCUT2D eigenvalue weighted by Crippen LogP contribution is 2.27. The van der Waals surface area contributed by atoms with Gasteiger partial charge in [0, 0.05) is 26.7 Å². The Balaban J connectivity index is 1.66. The average Bonchev–Trinajstić information content (AvgIpc) is 3.30. The fraction of sp³-hybridized carbons (Fsp3) is 0.500. The van der Waals surface area contributed by atoms with Crippen molar-refractivity contribution >= 4 is 32.8 Å². The molecule has 0 N–H and O–H groups in total. The molecule has 1 saturated heterocycles. The molecule has 0 unspecified atom stereocenters. The molecule has 0 saturated carbocycles. The van der Waals surface area contributed by atoms with Crippen LogP contribution in [0.5, 0.6) is 0 Å². The van der Waals surface area contributed by atoms with E-state index in [1.165, 1.54) is 4.31 Å². The van der Waals surface area contributed by atoms with Crippen molar-refractivity contribution in [3.8, 4) is 0 Å². The molecule has 0 radical (unpaired) electrons. The summed E-state index contributed by atoms with van der Waals surface area (Å²) in [5.41, 5.74) is 1.64. The number of fused-ring (bicyclic) bond motifs is 1. The summed E-state index contributed by atoms with van der Waals surface area (Å²) in [6.07, 6.45) is 2.63. The van der Waals surface area contributed by atoms with Crippen LogP contribution in [-0.4, -0.2) is 63.3 Å². The van der Waals surface area contributed by atoms with Crippen molar-refractivity contribution < 1.29 is 13.2 Å². The topological polar surface area (TPSA) is 95.1 Å². The first-order chi connectivity index (χ1) is 14.0. The Morgan fingerprint density at radius 3 is 2.72 bits per heavy atom. The molecule has 1 aliphatic rings. The molecule has 1 aliphatic heterocycles. The number of morpholine rings is 1. The second-order valence-corrected chi connectivity index (χ2v) is 9.74. The molecule has 3 heterocycles. The Kier molecular flexibility index (Phi) is 5.91. The fourth-order valence-electron chi connectivity index (χ4n) is 3.37. The van der Waals surface area contributed by atoms with Crippen LogP contribution in [0.25, 0.3) is 11.0 Å². The Bertz CT molecular complexity index is 1100. The van der Waals surface area contributed by atoms with Gasteiger partial charge in [-0.2, -0.15) is 4.31 Å². The van der Waals surface area contributed by atoms with E-state index in [4.69, 9.17) is 9.72 Å². The minimum Gasteiger partial charge on any atom is -0.379 e. The van der Waals surface area contributed by atoms with Crippen molar-refractivity contribution in [1.29, 1.82) is 0 Å². The van der Waals surface area contributed by atoms with Crippen LogP contribution in [0.4, 0.5) is 0 Å². The van der Waals surface area contributed by atoms with Gasteiger partial charge in [0.2, 0.25) is 10.0 Å². The third kappa shape index (κ3) is 4.04. The number of benzene rings is 1. The molecule has 0 amide bonds. The van der Waals surface area contributed by atoms with Gasteiger partial charge in [-0.25, -0.2) is 13.4 Å². The molecule has 0 atom stereocenters. The monoisotopic (exact) mass is 436 g/mol. The molecule has 2 aromatic heterocycles. The molecule has 0 bridgehead atoms.